The van der Waals surface area contributed by atoms with Gasteiger partial charge in [-0.15, -0.1) is 24.0 Å². The molecule has 0 aromatic carbocycles. The van der Waals surface area contributed by atoms with Crippen molar-refractivity contribution in [2.75, 3.05) is 38.9 Å². The molecule has 5 heteroatoms. The summed E-state index contributed by atoms with van der Waals surface area (Å²) in [6, 6.07) is 0. The number of hydrogen-bond donors (Lipinski definition) is 0. The summed E-state index contributed by atoms with van der Waals surface area (Å²) in [6.45, 7) is 4.29. The number of thioether (sulfide) groups is 1. The first-order chi connectivity index (χ1) is 14.8. The molecule has 0 aromatic rings. The zero-order chi connectivity index (χ0) is 21.7. The van der Waals surface area contributed by atoms with Crippen LogP contribution in [-0.2, 0) is 4.74 Å². The van der Waals surface area contributed by atoms with Gasteiger partial charge in [0.15, 0.2) is 0 Å². The molecular weight excluding hydrogens is 515 g/mol. The van der Waals surface area contributed by atoms with E-state index in [-0.39, 0.29) is 24.0 Å². The highest BCUT2D eigenvalue weighted by Crippen LogP contribution is 2.16. The second kappa shape index (κ2) is 23.5. The van der Waals surface area contributed by atoms with Gasteiger partial charge in [-0.2, -0.15) is 11.8 Å². The number of nitrogens with zero attached hydrogens (tertiary/aromatic N) is 2. The van der Waals surface area contributed by atoms with Crippen molar-refractivity contribution in [2.24, 2.45) is 0 Å². The van der Waals surface area contributed by atoms with Crippen LogP contribution in [0.1, 0.15) is 110 Å². The number of rotatable bonds is 22. The molecule has 0 fully saturated rings. The molecule has 0 N–H and O–H groups in total. The zero-order valence-electron chi connectivity index (χ0n) is 21.0. The first-order valence-electron chi connectivity index (χ1n) is 13.0. The van der Waals surface area contributed by atoms with Gasteiger partial charge in [-0.1, -0.05) is 103 Å². The molecule has 0 amide bonds. The van der Waals surface area contributed by atoms with Crippen LogP contribution in [0.15, 0.2) is 12.4 Å². The SMILES string of the molecule is CCCCCCCCCCCCCCCCCCSCC(CN1C=CN(C)C1)OC.I. The van der Waals surface area contributed by atoms with Gasteiger partial charge in [-0.25, -0.2) is 0 Å². The summed E-state index contributed by atoms with van der Waals surface area (Å²) in [7, 11) is 3.97. The highest BCUT2D eigenvalue weighted by Gasteiger charge is 2.15. The molecule has 0 saturated carbocycles. The van der Waals surface area contributed by atoms with E-state index in [1.807, 2.05) is 7.11 Å². The van der Waals surface area contributed by atoms with Crippen LogP contribution < -0.4 is 0 Å². The van der Waals surface area contributed by atoms with Gasteiger partial charge in [0.25, 0.3) is 0 Å². The Balaban J connectivity index is 0.00000900. The Labute approximate surface area is 216 Å². The molecule has 0 aliphatic carbocycles. The number of unbranched alkanes of at least 4 members (excludes halogenated alkanes) is 15. The summed E-state index contributed by atoms with van der Waals surface area (Å²) in [5, 5.41) is 0. The van der Waals surface area contributed by atoms with Crippen molar-refractivity contribution in [2.45, 2.75) is 116 Å². The molecular formula is C26H53IN2OS. The van der Waals surface area contributed by atoms with Crippen molar-refractivity contribution in [3.8, 4) is 0 Å². The van der Waals surface area contributed by atoms with Gasteiger partial charge in [0, 0.05) is 38.9 Å². The van der Waals surface area contributed by atoms with E-state index in [1.54, 1.807) is 0 Å². The van der Waals surface area contributed by atoms with Crippen LogP contribution in [0.4, 0.5) is 0 Å². The summed E-state index contributed by atoms with van der Waals surface area (Å²) in [5.41, 5.74) is 0. The van der Waals surface area contributed by atoms with Crippen molar-refractivity contribution in [1.29, 1.82) is 0 Å². The van der Waals surface area contributed by atoms with Crippen molar-refractivity contribution in [1.82, 2.24) is 9.80 Å². The van der Waals surface area contributed by atoms with Crippen LogP contribution in [0.25, 0.3) is 0 Å². The van der Waals surface area contributed by atoms with E-state index < -0.39 is 0 Å². The van der Waals surface area contributed by atoms with E-state index in [0.717, 1.165) is 19.0 Å². The second-order valence-corrected chi connectivity index (χ2v) is 10.4. The van der Waals surface area contributed by atoms with Crippen LogP contribution >= 0.6 is 35.7 Å². The highest BCUT2D eigenvalue weighted by atomic mass is 127. The molecule has 1 aliphatic heterocycles. The zero-order valence-corrected chi connectivity index (χ0v) is 24.1. The molecule has 0 bridgehead atoms. The summed E-state index contributed by atoms with van der Waals surface area (Å²) in [6.07, 6.45) is 27.7. The Hall–Kier alpha value is 0.380. The molecule has 31 heavy (non-hydrogen) atoms. The Morgan fingerprint density at radius 1 is 0.774 bits per heavy atom. The first-order valence-corrected chi connectivity index (χ1v) is 14.1. The van der Waals surface area contributed by atoms with Crippen LogP contribution in [-0.4, -0.2) is 54.8 Å². The van der Waals surface area contributed by atoms with Gasteiger partial charge in [0.1, 0.15) is 0 Å². The van der Waals surface area contributed by atoms with Gasteiger partial charge in [-0.3, -0.25) is 0 Å². The summed E-state index contributed by atoms with van der Waals surface area (Å²) < 4.78 is 5.67. The Bertz CT molecular complexity index is 398. The smallest absolute Gasteiger partial charge is 0.0891 e. The summed E-state index contributed by atoms with van der Waals surface area (Å²) in [4.78, 5) is 4.54. The molecule has 1 aliphatic rings. The minimum absolute atomic E-state index is 0. The number of ether oxygens (including phenoxy) is 1. The van der Waals surface area contributed by atoms with E-state index in [2.05, 4.69) is 47.9 Å². The quantitative estimate of drug-likeness (QED) is 0.0964. The maximum atomic E-state index is 5.67. The van der Waals surface area contributed by atoms with Crippen LogP contribution in [0, 0.1) is 0 Å². The molecule has 1 unspecified atom stereocenters. The van der Waals surface area contributed by atoms with Gasteiger partial charge >= 0.3 is 0 Å². The lowest BCUT2D eigenvalue weighted by atomic mass is 10.0. The maximum absolute atomic E-state index is 5.67. The van der Waals surface area contributed by atoms with Crippen LogP contribution in [0.3, 0.4) is 0 Å². The lowest BCUT2D eigenvalue weighted by molar-refractivity contribution is 0.0907. The fourth-order valence-corrected chi connectivity index (χ4v) is 5.21. The number of halogens is 1. The van der Waals surface area contributed by atoms with Gasteiger partial charge < -0.3 is 14.5 Å². The third-order valence-corrected chi connectivity index (χ3v) is 7.34. The average Bonchev–Trinajstić information content (AvgIpc) is 3.16. The largest absolute Gasteiger partial charge is 0.379 e. The lowest BCUT2D eigenvalue weighted by Crippen LogP contribution is -2.33. The van der Waals surface area contributed by atoms with Crippen LogP contribution in [0.5, 0.6) is 0 Å². The van der Waals surface area contributed by atoms with Crippen molar-refractivity contribution >= 4 is 35.7 Å². The van der Waals surface area contributed by atoms with Gasteiger partial charge in [0.05, 0.1) is 12.8 Å². The van der Waals surface area contributed by atoms with Gasteiger partial charge in [0.2, 0.25) is 0 Å². The van der Waals surface area contributed by atoms with E-state index in [0.29, 0.717) is 6.10 Å². The maximum Gasteiger partial charge on any atom is 0.0891 e. The Morgan fingerprint density at radius 2 is 1.26 bits per heavy atom. The average molecular weight is 569 g/mol. The van der Waals surface area contributed by atoms with Gasteiger partial charge in [-0.05, 0) is 12.2 Å². The number of hydrogen-bond acceptors (Lipinski definition) is 4. The fourth-order valence-electron chi connectivity index (χ4n) is 4.13. The molecule has 186 valence electrons. The summed E-state index contributed by atoms with van der Waals surface area (Å²) >= 11 is 2.07. The van der Waals surface area contributed by atoms with Crippen LogP contribution in [0.2, 0.25) is 0 Å². The van der Waals surface area contributed by atoms with E-state index in [1.165, 1.54) is 108 Å². The molecule has 0 aromatic heterocycles. The Morgan fingerprint density at radius 3 is 1.68 bits per heavy atom. The van der Waals surface area contributed by atoms with E-state index in [4.69, 9.17) is 4.74 Å². The highest BCUT2D eigenvalue weighted by molar-refractivity contribution is 14.0. The fraction of sp³-hybridized carbons (Fsp3) is 0.923. The van der Waals surface area contributed by atoms with Crippen molar-refractivity contribution in [3.05, 3.63) is 12.4 Å². The molecule has 1 heterocycles. The molecule has 1 atom stereocenters. The van der Waals surface area contributed by atoms with Crippen molar-refractivity contribution in [3.63, 3.8) is 0 Å². The van der Waals surface area contributed by atoms with E-state index in [9.17, 15) is 0 Å². The standard InChI is InChI=1S/C26H52N2OS.HI/c1-4-5-6-7-8-9-10-11-12-13-14-15-16-17-18-19-22-30-24-26(29-3)23-28-21-20-27(2)25-28;/h20-21,26H,4-19,22-25H2,1-3H3;1H. The normalized spacial score (nSPS) is 14.3. The predicted molar refractivity (Wildman–Crippen MR) is 152 cm³/mol. The minimum atomic E-state index is 0. The molecule has 0 saturated heterocycles. The third-order valence-electron chi connectivity index (χ3n) is 6.15. The minimum Gasteiger partial charge on any atom is -0.379 e. The molecule has 1 rings (SSSR count). The second-order valence-electron chi connectivity index (χ2n) is 9.20. The monoisotopic (exact) mass is 568 g/mol. The molecule has 3 nitrogen and oxygen atoms in total. The first kappa shape index (κ1) is 31.4. The summed E-state index contributed by atoms with van der Waals surface area (Å²) in [5.74, 6) is 2.40. The molecule has 0 radical (unpaired) electrons. The van der Waals surface area contributed by atoms with E-state index >= 15 is 0 Å². The lowest BCUT2D eigenvalue weighted by Gasteiger charge is -2.23. The number of methoxy groups -OCH3 is 1. The molecule has 0 spiro atoms. The topological polar surface area (TPSA) is 15.7 Å². The Kier molecular flexibility index (Phi) is 23.8. The third kappa shape index (κ3) is 19.5. The predicted octanol–water partition coefficient (Wildman–Crippen LogP) is 8.29. The van der Waals surface area contributed by atoms with Crippen molar-refractivity contribution < 1.29 is 4.74 Å².